The standard InChI is InChI=1S/C13H23O18P3.6Na/c1-27-13-12(31-34(25,26)5-9(19)20)11(30-33(23,24)4-8(17)18)10(6(2-14)28-13)29-32(21,22)3-7(15)16;;;;;;/h6,10-14H,2-5H2,1H3,(H,15,16)(H,17,18)(H,19,20)(H,21,22)(H,23,24)(H,25,26);;;;;;/q;6*+1/p-6/t6-,10-,11+,12+,13+;;;;;;/m1....../s1. The van der Waals surface area contributed by atoms with E-state index in [1.165, 1.54) is 0 Å². The van der Waals surface area contributed by atoms with Crippen molar-refractivity contribution in [2.24, 2.45) is 0 Å². The summed E-state index contributed by atoms with van der Waals surface area (Å²) in [6.45, 7) is -1.18. The maximum atomic E-state index is 12.1. The summed E-state index contributed by atoms with van der Waals surface area (Å²) in [7, 11) is -15.7. The predicted octanol–water partition coefficient (Wildman–Crippen LogP) is -25.6. The topological polar surface area (TPSA) is 307 Å². The summed E-state index contributed by atoms with van der Waals surface area (Å²) in [6.07, 6.45) is -16.5. The number of hydrogen-bond acceptors (Lipinski definition) is 18. The Morgan fingerprint density at radius 1 is 0.675 bits per heavy atom. The molecule has 0 bridgehead atoms. The van der Waals surface area contributed by atoms with E-state index < -0.39 is 96.5 Å². The predicted molar refractivity (Wildman–Crippen MR) is 89.8 cm³/mol. The first kappa shape index (κ1) is 57.0. The summed E-state index contributed by atoms with van der Waals surface area (Å²) < 4.78 is 59.7. The number of carboxylic acids is 3. The van der Waals surface area contributed by atoms with Crippen LogP contribution in [0.3, 0.4) is 0 Å². The smallest absolute Gasteiger partial charge is 0.778 e. The number of ether oxygens (including phenoxy) is 2. The third kappa shape index (κ3) is 21.6. The Labute approximate surface area is 361 Å². The van der Waals surface area contributed by atoms with E-state index in [1.54, 1.807) is 0 Å². The molecule has 1 N–H and O–H groups in total. The second kappa shape index (κ2) is 25.7. The molecule has 198 valence electrons. The third-order valence-electron chi connectivity index (χ3n) is 3.82. The number of methoxy groups -OCH3 is 1. The van der Waals surface area contributed by atoms with Crippen molar-refractivity contribution in [1.82, 2.24) is 0 Å². The van der Waals surface area contributed by atoms with Gasteiger partial charge in [0.1, 0.15) is 47.2 Å². The summed E-state index contributed by atoms with van der Waals surface area (Å²) in [5, 5.41) is 41.6. The van der Waals surface area contributed by atoms with Gasteiger partial charge in [-0.2, -0.15) is 0 Å². The van der Waals surface area contributed by atoms with E-state index in [9.17, 15) is 63.2 Å². The Morgan fingerprint density at radius 2 is 0.975 bits per heavy atom. The van der Waals surface area contributed by atoms with Crippen LogP contribution in [-0.4, -0.2) is 85.9 Å². The molecule has 3 unspecified atom stereocenters. The number of carboxylic acid groups (broad SMARTS) is 3. The average Bonchev–Trinajstić information content (AvgIpc) is 2.60. The number of aliphatic hydroxyl groups is 1. The van der Waals surface area contributed by atoms with Gasteiger partial charge in [0.2, 0.25) is 0 Å². The van der Waals surface area contributed by atoms with Crippen LogP contribution in [-0.2, 0) is 51.1 Å². The first-order valence-corrected chi connectivity index (χ1v) is 13.9. The van der Waals surface area contributed by atoms with E-state index in [1.807, 2.05) is 0 Å². The molecule has 0 aromatic carbocycles. The van der Waals surface area contributed by atoms with Gasteiger partial charge >= 0.3 is 177 Å². The molecule has 1 heterocycles. The normalized spacial score (nSPS) is 25.9. The largest absolute Gasteiger partial charge is 1.00 e. The molecule has 18 nitrogen and oxygen atoms in total. The van der Waals surface area contributed by atoms with Gasteiger partial charge in [0, 0.05) is 25.0 Å². The molecular formula is C13H17Na6O18P3. The number of carbonyl (C=O) groups excluding carboxylic acids is 3. The van der Waals surface area contributed by atoms with Gasteiger partial charge in [0.05, 0.1) is 25.1 Å². The van der Waals surface area contributed by atoms with E-state index in [0.717, 1.165) is 7.11 Å². The van der Waals surface area contributed by atoms with Crippen molar-refractivity contribution in [2.45, 2.75) is 30.7 Å². The van der Waals surface area contributed by atoms with Gasteiger partial charge in [-0.25, -0.2) is 0 Å². The minimum absolute atomic E-state index is 0. The van der Waals surface area contributed by atoms with Crippen molar-refractivity contribution in [3.05, 3.63) is 0 Å². The van der Waals surface area contributed by atoms with Gasteiger partial charge in [-0.3, -0.25) is 0 Å². The maximum Gasteiger partial charge on any atom is 1.00 e. The maximum absolute atomic E-state index is 12.1. The van der Waals surface area contributed by atoms with Gasteiger partial charge < -0.3 is 86.2 Å². The Kier molecular flexibility index (Phi) is 36.7. The van der Waals surface area contributed by atoms with Crippen molar-refractivity contribution < 1.29 is 264 Å². The van der Waals surface area contributed by atoms with Crippen LogP contribution in [0.25, 0.3) is 0 Å². The van der Waals surface area contributed by atoms with Crippen LogP contribution in [0, 0.1) is 0 Å². The van der Waals surface area contributed by atoms with Crippen LogP contribution in [0.15, 0.2) is 0 Å². The summed E-state index contributed by atoms with van der Waals surface area (Å²) in [5.41, 5.74) is 0. The third-order valence-corrected chi connectivity index (χ3v) is 7.45. The SMILES string of the molecule is CO[C@H]1O[C@H](CO)[C@@H](OP(=O)([O-])CC(=O)[O-])[C@H](OP(=O)([O-])CC(=O)[O-])[C@@H]1OP(=O)([O-])CC(=O)[O-].[Na+].[Na+].[Na+].[Na+].[Na+].[Na+]. The second-order valence-electron chi connectivity index (χ2n) is 6.59. The Balaban J connectivity index is -0.000000482. The fraction of sp³-hybridized carbons (Fsp3) is 0.769. The summed E-state index contributed by atoms with van der Waals surface area (Å²) in [5.74, 6) is -6.52. The zero-order valence-electron chi connectivity index (χ0n) is 22.9. The molecule has 1 rings (SSSR count). The molecule has 1 saturated heterocycles. The monoisotopic (exact) mass is 692 g/mol. The fourth-order valence-electron chi connectivity index (χ4n) is 2.72. The molecule has 40 heavy (non-hydrogen) atoms. The number of aliphatic hydroxyl groups excluding tert-OH is 1. The molecule has 0 spiro atoms. The van der Waals surface area contributed by atoms with E-state index in [0.29, 0.717) is 0 Å². The van der Waals surface area contributed by atoms with Gasteiger partial charge in [-0.1, -0.05) is 0 Å². The number of hydrogen-bond donors (Lipinski definition) is 1. The van der Waals surface area contributed by atoms with Gasteiger partial charge in [0.15, 0.2) is 6.29 Å². The van der Waals surface area contributed by atoms with E-state index in [4.69, 9.17) is 9.47 Å². The van der Waals surface area contributed by atoms with Gasteiger partial charge in [-0.05, 0) is 0 Å². The fourth-order valence-corrected chi connectivity index (χ4v) is 5.72. The van der Waals surface area contributed by atoms with Crippen molar-refractivity contribution in [2.75, 3.05) is 32.2 Å². The van der Waals surface area contributed by atoms with Crippen molar-refractivity contribution in [3.8, 4) is 0 Å². The molecule has 0 amide bonds. The van der Waals surface area contributed by atoms with E-state index >= 15 is 0 Å². The number of aliphatic carboxylic acids is 3. The number of carbonyl (C=O) groups is 3. The first-order chi connectivity index (χ1) is 15.4. The molecule has 0 aliphatic carbocycles. The Bertz CT molecular complexity index is 876. The van der Waals surface area contributed by atoms with Crippen LogP contribution in [0.1, 0.15) is 0 Å². The average molecular weight is 692 g/mol. The number of rotatable bonds is 14. The molecule has 0 saturated carbocycles. The second-order valence-corrected chi connectivity index (χ2v) is 11.8. The Morgan fingerprint density at radius 3 is 1.25 bits per heavy atom. The molecule has 8 atom stereocenters. The minimum atomic E-state index is -5.56. The zero-order valence-corrected chi connectivity index (χ0v) is 37.6. The van der Waals surface area contributed by atoms with Crippen LogP contribution in [0.2, 0.25) is 0 Å². The summed E-state index contributed by atoms with van der Waals surface area (Å²) in [4.78, 5) is 68.2. The van der Waals surface area contributed by atoms with E-state index in [-0.39, 0.29) is 177 Å². The van der Waals surface area contributed by atoms with Gasteiger partial charge in [-0.15, -0.1) is 0 Å². The van der Waals surface area contributed by atoms with Crippen LogP contribution < -0.4 is 207 Å². The molecule has 0 aromatic heterocycles. The minimum Gasteiger partial charge on any atom is -0.778 e. The van der Waals surface area contributed by atoms with Crippen LogP contribution in [0.4, 0.5) is 0 Å². The van der Waals surface area contributed by atoms with Gasteiger partial charge in [0.25, 0.3) is 0 Å². The molecule has 1 aliphatic rings. The molecule has 0 aromatic rings. The van der Waals surface area contributed by atoms with Crippen molar-refractivity contribution in [3.63, 3.8) is 0 Å². The molecule has 1 aliphatic heterocycles. The molecule has 1 fully saturated rings. The van der Waals surface area contributed by atoms with E-state index in [2.05, 4.69) is 13.6 Å². The molecular weight excluding hydrogens is 675 g/mol. The summed E-state index contributed by atoms with van der Waals surface area (Å²) in [6, 6.07) is 0. The first-order valence-electron chi connectivity index (χ1n) is 8.76. The molecule has 0 radical (unpaired) electrons. The Hall–Kier alpha value is 4.74. The molecule has 27 heteroatoms. The summed E-state index contributed by atoms with van der Waals surface area (Å²) >= 11 is 0. The van der Waals surface area contributed by atoms with Crippen LogP contribution >= 0.6 is 22.8 Å². The van der Waals surface area contributed by atoms with Crippen LogP contribution in [0.5, 0.6) is 0 Å². The van der Waals surface area contributed by atoms with Crippen molar-refractivity contribution >= 4 is 40.7 Å². The quantitative estimate of drug-likeness (QED) is 0.130. The zero-order chi connectivity index (χ0) is 26.5. The van der Waals surface area contributed by atoms with Crippen molar-refractivity contribution in [1.29, 1.82) is 0 Å².